The highest BCUT2D eigenvalue weighted by molar-refractivity contribution is 7.80. The molecule has 1 unspecified atom stereocenters. The molecule has 2 heterocycles. The SMILES string of the molecule is O=C1C2Cc3ccccc3CN2C(=S)N1c1ccc(Cl)c(Cl)c1. The molecule has 2 aliphatic heterocycles. The Kier molecular flexibility index (Phi) is 3.56. The molecule has 3 nitrogen and oxygen atoms in total. The second kappa shape index (κ2) is 5.48. The van der Waals surface area contributed by atoms with Gasteiger partial charge in [0.25, 0.3) is 5.91 Å². The maximum atomic E-state index is 12.9. The molecule has 23 heavy (non-hydrogen) atoms. The van der Waals surface area contributed by atoms with E-state index in [4.69, 9.17) is 35.4 Å². The first-order valence-electron chi connectivity index (χ1n) is 7.22. The van der Waals surface area contributed by atoms with Crippen molar-refractivity contribution in [1.29, 1.82) is 0 Å². The van der Waals surface area contributed by atoms with E-state index in [-0.39, 0.29) is 11.9 Å². The first kappa shape index (κ1) is 14.9. The zero-order chi connectivity index (χ0) is 16.1. The third kappa shape index (κ3) is 2.33. The normalized spacial score (nSPS) is 19.8. The Morgan fingerprint density at radius 1 is 1.04 bits per heavy atom. The third-order valence-corrected chi connectivity index (χ3v) is 5.51. The summed E-state index contributed by atoms with van der Waals surface area (Å²) in [4.78, 5) is 16.4. The number of benzene rings is 2. The summed E-state index contributed by atoms with van der Waals surface area (Å²) in [6.07, 6.45) is 0.674. The van der Waals surface area contributed by atoms with Crippen LogP contribution in [0.25, 0.3) is 0 Å². The van der Waals surface area contributed by atoms with Crippen molar-refractivity contribution in [1.82, 2.24) is 4.90 Å². The van der Waals surface area contributed by atoms with Crippen LogP contribution in [-0.2, 0) is 17.8 Å². The molecule has 0 saturated carbocycles. The van der Waals surface area contributed by atoms with E-state index in [1.807, 2.05) is 17.0 Å². The number of carbonyl (C=O) groups excluding carboxylic acids is 1. The molecule has 116 valence electrons. The Labute approximate surface area is 149 Å². The van der Waals surface area contributed by atoms with Gasteiger partial charge in [0.15, 0.2) is 5.11 Å². The maximum Gasteiger partial charge on any atom is 0.256 e. The van der Waals surface area contributed by atoms with Crippen LogP contribution in [0.1, 0.15) is 11.1 Å². The summed E-state index contributed by atoms with van der Waals surface area (Å²) >= 11 is 17.6. The predicted molar refractivity (Wildman–Crippen MR) is 96.0 cm³/mol. The highest BCUT2D eigenvalue weighted by atomic mass is 35.5. The van der Waals surface area contributed by atoms with Crippen LogP contribution in [0, 0.1) is 0 Å². The maximum absolute atomic E-state index is 12.9. The zero-order valence-electron chi connectivity index (χ0n) is 12.0. The summed E-state index contributed by atoms with van der Waals surface area (Å²) in [7, 11) is 0. The number of amides is 1. The van der Waals surface area contributed by atoms with Gasteiger partial charge in [0.2, 0.25) is 0 Å². The molecule has 0 radical (unpaired) electrons. The van der Waals surface area contributed by atoms with Gasteiger partial charge in [-0.15, -0.1) is 0 Å². The van der Waals surface area contributed by atoms with Crippen LogP contribution >= 0.6 is 35.4 Å². The van der Waals surface area contributed by atoms with Crippen LogP contribution in [0.3, 0.4) is 0 Å². The number of rotatable bonds is 1. The molecule has 1 atom stereocenters. The topological polar surface area (TPSA) is 23.6 Å². The average molecular weight is 363 g/mol. The minimum absolute atomic E-state index is 0.0112. The molecule has 0 aromatic heterocycles. The van der Waals surface area contributed by atoms with Crippen LogP contribution in [0.15, 0.2) is 42.5 Å². The number of hydrogen-bond acceptors (Lipinski definition) is 2. The number of anilines is 1. The van der Waals surface area contributed by atoms with E-state index >= 15 is 0 Å². The third-order valence-electron chi connectivity index (χ3n) is 4.35. The van der Waals surface area contributed by atoms with Crippen LogP contribution < -0.4 is 4.90 Å². The Morgan fingerprint density at radius 3 is 2.52 bits per heavy atom. The molecule has 0 spiro atoms. The summed E-state index contributed by atoms with van der Waals surface area (Å²) in [5, 5.41) is 1.39. The van der Waals surface area contributed by atoms with Crippen molar-refractivity contribution in [3.8, 4) is 0 Å². The number of nitrogens with zero attached hydrogens (tertiary/aromatic N) is 2. The molecule has 4 rings (SSSR count). The molecule has 0 aliphatic carbocycles. The van der Waals surface area contributed by atoms with Gasteiger partial charge in [0.1, 0.15) is 6.04 Å². The van der Waals surface area contributed by atoms with Crippen molar-refractivity contribution in [2.75, 3.05) is 4.90 Å². The average Bonchev–Trinajstić information content (AvgIpc) is 2.79. The smallest absolute Gasteiger partial charge is 0.256 e. The quantitative estimate of drug-likeness (QED) is 0.715. The Hall–Kier alpha value is -1.62. The molecule has 1 fully saturated rings. The Morgan fingerprint density at radius 2 is 1.78 bits per heavy atom. The van der Waals surface area contributed by atoms with E-state index in [0.29, 0.717) is 33.8 Å². The lowest BCUT2D eigenvalue weighted by molar-refractivity contribution is -0.119. The van der Waals surface area contributed by atoms with E-state index in [9.17, 15) is 4.79 Å². The summed E-state index contributed by atoms with van der Waals surface area (Å²) in [6.45, 7) is 0.656. The van der Waals surface area contributed by atoms with Crippen molar-refractivity contribution < 1.29 is 4.79 Å². The zero-order valence-corrected chi connectivity index (χ0v) is 14.3. The second-order valence-corrected chi connectivity index (χ2v) is 6.85. The highest BCUT2D eigenvalue weighted by Crippen LogP contribution is 2.35. The minimum atomic E-state index is -0.244. The second-order valence-electron chi connectivity index (χ2n) is 5.67. The van der Waals surface area contributed by atoms with Crippen molar-refractivity contribution in [2.24, 2.45) is 0 Å². The van der Waals surface area contributed by atoms with E-state index in [1.54, 1.807) is 23.1 Å². The minimum Gasteiger partial charge on any atom is -0.332 e. The molecule has 2 aromatic rings. The summed E-state index contributed by atoms with van der Waals surface area (Å²) < 4.78 is 0. The van der Waals surface area contributed by atoms with Crippen LogP contribution in [0.4, 0.5) is 5.69 Å². The van der Waals surface area contributed by atoms with E-state index in [0.717, 1.165) is 0 Å². The van der Waals surface area contributed by atoms with Gasteiger partial charge in [-0.1, -0.05) is 47.5 Å². The molecule has 0 N–H and O–H groups in total. The fraction of sp³-hybridized carbons (Fsp3) is 0.176. The van der Waals surface area contributed by atoms with Gasteiger partial charge >= 0.3 is 0 Å². The molecule has 1 saturated heterocycles. The van der Waals surface area contributed by atoms with Crippen molar-refractivity contribution in [3.05, 3.63) is 63.6 Å². The monoisotopic (exact) mass is 362 g/mol. The molecule has 0 bridgehead atoms. The van der Waals surface area contributed by atoms with Gasteiger partial charge in [0.05, 0.1) is 15.7 Å². The summed E-state index contributed by atoms with van der Waals surface area (Å²) in [5.41, 5.74) is 3.09. The van der Waals surface area contributed by atoms with Crippen molar-refractivity contribution in [2.45, 2.75) is 19.0 Å². The summed E-state index contributed by atoms with van der Waals surface area (Å²) in [5.74, 6) is -0.0112. The van der Waals surface area contributed by atoms with Gasteiger partial charge in [-0.3, -0.25) is 9.69 Å². The number of halogens is 2. The van der Waals surface area contributed by atoms with Crippen molar-refractivity contribution in [3.63, 3.8) is 0 Å². The Balaban J connectivity index is 1.72. The molecule has 2 aliphatic rings. The standard InChI is InChI=1S/C17H12Cl2N2OS/c18-13-6-5-12(8-14(13)19)21-16(22)15-7-10-3-1-2-4-11(10)9-20(15)17(21)23/h1-6,8,15H,7,9H2. The molecule has 6 heteroatoms. The number of hydrogen-bond donors (Lipinski definition) is 0. The van der Waals surface area contributed by atoms with Crippen LogP contribution in [-0.4, -0.2) is 22.0 Å². The van der Waals surface area contributed by atoms with Gasteiger partial charge in [-0.05, 0) is 41.5 Å². The number of thiocarbonyl (C=S) groups is 1. The van der Waals surface area contributed by atoms with E-state index < -0.39 is 0 Å². The van der Waals surface area contributed by atoms with Gasteiger partial charge in [-0.25, -0.2) is 0 Å². The van der Waals surface area contributed by atoms with Crippen LogP contribution in [0.5, 0.6) is 0 Å². The fourth-order valence-corrected chi connectivity index (χ4v) is 3.86. The van der Waals surface area contributed by atoms with Crippen LogP contribution in [0.2, 0.25) is 10.0 Å². The summed E-state index contributed by atoms with van der Waals surface area (Å²) in [6, 6.07) is 13.1. The first-order chi connectivity index (χ1) is 11.1. The molecular weight excluding hydrogens is 351 g/mol. The lowest BCUT2D eigenvalue weighted by Crippen LogP contribution is -2.39. The highest BCUT2D eigenvalue weighted by Gasteiger charge is 2.45. The lowest BCUT2D eigenvalue weighted by atomic mass is 9.95. The van der Waals surface area contributed by atoms with Gasteiger partial charge < -0.3 is 4.90 Å². The molecular formula is C17H12Cl2N2OS. The molecule has 1 amide bonds. The predicted octanol–water partition coefficient (Wildman–Crippen LogP) is 4.05. The lowest BCUT2D eigenvalue weighted by Gasteiger charge is -2.30. The van der Waals surface area contributed by atoms with Gasteiger partial charge in [-0.2, -0.15) is 0 Å². The number of carbonyl (C=O) groups is 1. The van der Waals surface area contributed by atoms with Crippen molar-refractivity contribution >= 4 is 52.1 Å². The molecule has 2 aromatic carbocycles. The van der Waals surface area contributed by atoms with E-state index in [1.165, 1.54) is 11.1 Å². The Bertz CT molecular complexity index is 796. The van der Waals surface area contributed by atoms with E-state index in [2.05, 4.69) is 12.1 Å². The first-order valence-corrected chi connectivity index (χ1v) is 8.39. The number of fused-ring (bicyclic) bond motifs is 2. The fourth-order valence-electron chi connectivity index (χ4n) is 3.18. The van der Waals surface area contributed by atoms with Gasteiger partial charge in [0, 0.05) is 13.0 Å². The largest absolute Gasteiger partial charge is 0.332 e.